The quantitative estimate of drug-likeness (QED) is 0.707. The number of methoxy groups -OCH3 is 1. The maximum atomic E-state index is 13.3. The van der Waals surface area contributed by atoms with Crippen molar-refractivity contribution in [2.75, 3.05) is 12.4 Å². The second-order valence-corrected chi connectivity index (χ2v) is 6.94. The zero-order chi connectivity index (χ0) is 19.7. The number of fused-ring (bicyclic) bond motifs is 1. The van der Waals surface area contributed by atoms with E-state index in [2.05, 4.69) is 5.32 Å². The van der Waals surface area contributed by atoms with Gasteiger partial charge in [0.1, 0.15) is 6.17 Å². The highest BCUT2D eigenvalue weighted by molar-refractivity contribution is 6.01. The summed E-state index contributed by atoms with van der Waals surface area (Å²) < 4.78 is 5.26. The lowest BCUT2D eigenvalue weighted by Gasteiger charge is -2.38. The van der Waals surface area contributed by atoms with E-state index in [-0.39, 0.29) is 17.8 Å². The second-order valence-electron chi connectivity index (χ2n) is 6.94. The van der Waals surface area contributed by atoms with E-state index >= 15 is 0 Å². The first-order chi connectivity index (χ1) is 13.6. The van der Waals surface area contributed by atoms with E-state index in [1.807, 2.05) is 55.5 Å². The third-order valence-electron chi connectivity index (χ3n) is 5.02. The molecule has 0 aliphatic carbocycles. The highest BCUT2D eigenvalue weighted by Gasteiger charge is 2.33. The standard InChI is InChI=1S/C23H22N2O3/c1-15-7-9-16(10-8-15)14-25-22(17-11-12-20(26)21(13-17)28-2)24-19-6-4-3-5-18(19)23(25)27/h3-13,22,24,26H,14H2,1-2H3/t22-/m1/s1. The van der Waals surface area contributed by atoms with Gasteiger partial charge in [-0.1, -0.05) is 48.0 Å². The predicted molar refractivity (Wildman–Crippen MR) is 109 cm³/mol. The largest absolute Gasteiger partial charge is 0.504 e. The van der Waals surface area contributed by atoms with Crippen molar-refractivity contribution in [2.24, 2.45) is 0 Å². The number of anilines is 1. The molecule has 0 saturated heterocycles. The molecular formula is C23H22N2O3. The van der Waals surface area contributed by atoms with Crippen LogP contribution < -0.4 is 10.1 Å². The number of ether oxygens (including phenoxy) is 1. The van der Waals surface area contributed by atoms with Crippen molar-refractivity contribution < 1.29 is 14.6 Å². The van der Waals surface area contributed by atoms with Crippen molar-refractivity contribution in [1.82, 2.24) is 4.90 Å². The molecule has 1 amide bonds. The number of para-hydroxylation sites is 1. The number of phenolic OH excluding ortho intramolecular Hbond substituents is 1. The third kappa shape index (κ3) is 3.27. The molecule has 0 aromatic heterocycles. The molecule has 3 aromatic rings. The fourth-order valence-corrected chi connectivity index (χ4v) is 3.47. The number of nitrogens with zero attached hydrogens (tertiary/aromatic N) is 1. The van der Waals surface area contributed by atoms with Gasteiger partial charge < -0.3 is 20.1 Å². The van der Waals surface area contributed by atoms with Gasteiger partial charge in [0.2, 0.25) is 0 Å². The van der Waals surface area contributed by atoms with Crippen LogP contribution in [0.25, 0.3) is 0 Å². The highest BCUT2D eigenvalue weighted by atomic mass is 16.5. The van der Waals surface area contributed by atoms with E-state index in [0.29, 0.717) is 17.9 Å². The molecule has 0 fully saturated rings. The smallest absolute Gasteiger partial charge is 0.258 e. The molecule has 28 heavy (non-hydrogen) atoms. The van der Waals surface area contributed by atoms with E-state index in [4.69, 9.17) is 4.74 Å². The summed E-state index contributed by atoms with van der Waals surface area (Å²) in [6.07, 6.45) is -0.377. The molecule has 1 aliphatic rings. The number of phenols is 1. The molecule has 0 radical (unpaired) electrons. The molecule has 4 rings (SSSR count). The van der Waals surface area contributed by atoms with Crippen LogP contribution in [-0.4, -0.2) is 23.0 Å². The van der Waals surface area contributed by atoms with Crippen LogP contribution in [0.1, 0.15) is 33.2 Å². The van der Waals surface area contributed by atoms with E-state index in [0.717, 1.165) is 16.8 Å². The molecule has 0 bridgehead atoms. The van der Waals surface area contributed by atoms with Gasteiger partial charge >= 0.3 is 0 Å². The monoisotopic (exact) mass is 374 g/mol. The van der Waals surface area contributed by atoms with E-state index < -0.39 is 0 Å². The minimum atomic E-state index is -0.377. The average molecular weight is 374 g/mol. The topological polar surface area (TPSA) is 61.8 Å². The van der Waals surface area contributed by atoms with Gasteiger partial charge in [0, 0.05) is 12.2 Å². The van der Waals surface area contributed by atoms with E-state index in [1.54, 1.807) is 23.1 Å². The average Bonchev–Trinajstić information content (AvgIpc) is 2.72. The summed E-state index contributed by atoms with van der Waals surface area (Å²) in [5, 5.41) is 13.4. The van der Waals surface area contributed by atoms with Gasteiger partial charge in [-0.3, -0.25) is 4.79 Å². The lowest BCUT2D eigenvalue weighted by molar-refractivity contribution is 0.0666. The third-order valence-corrected chi connectivity index (χ3v) is 5.02. The SMILES string of the molecule is COc1cc([C@@H]2Nc3ccccc3C(=O)N2Cc2ccc(C)cc2)ccc1O. The van der Waals surface area contributed by atoms with Crippen LogP contribution in [0.4, 0.5) is 5.69 Å². The number of aromatic hydroxyl groups is 1. The van der Waals surface area contributed by atoms with Gasteiger partial charge in [0.05, 0.1) is 12.7 Å². The molecule has 1 aliphatic heterocycles. The number of amides is 1. The van der Waals surface area contributed by atoms with E-state index in [9.17, 15) is 9.90 Å². The molecular weight excluding hydrogens is 352 g/mol. The Kier molecular flexibility index (Phi) is 4.65. The zero-order valence-corrected chi connectivity index (χ0v) is 15.8. The highest BCUT2D eigenvalue weighted by Crippen LogP contribution is 2.37. The Labute approximate surface area is 164 Å². The predicted octanol–water partition coefficient (Wildman–Crippen LogP) is 4.48. The van der Waals surface area contributed by atoms with Crippen molar-refractivity contribution in [3.05, 3.63) is 89.0 Å². The van der Waals surface area contributed by atoms with Gasteiger partial charge in [0.25, 0.3) is 5.91 Å². The fourth-order valence-electron chi connectivity index (χ4n) is 3.47. The number of carbonyl (C=O) groups excluding carboxylic acids is 1. The summed E-state index contributed by atoms with van der Waals surface area (Å²) in [6, 6.07) is 20.8. The molecule has 0 saturated carbocycles. The molecule has 5 heteroatoms. The molecule has 0 unspecified atom stereocenters. The van der Waals surface area contributed by atoms with Crippen LogP contribution in [0.3, 0.4) is 0 Å². The summed E-state index contributed by atoms with van der Waals surface area (Å²) in [5.74, 6) is 0.409. The Morgan fingerprint density at radius 1 is 1.07 bits per heavy atom. The van der Waals surface area contributed by atoms with Crippen LogP contribution in [0.15, 0.2) is 66.7 Å². The fraction of sp³-hybridized carbons (Fsp3) is 0.174. The van der Waals surface area contributed by atoms with Gasteiger partial charge in [0.15, 0.2) is 11.5 Å². The molecule has 1 heterocycles. The van der Waals surface area contributed by atoms with Crippen molar-refractivity contribution >= 4 is 11.6 Å². The number of benzene rings is 3. The minimum Gasteiger partial charge on any atom is -0.504 e. The maximum Gasteiger partial charge on any atom is 0.258 e. The number of hydrogen-bond acceptors (Lipinski definition) is 4. The zero-order valence-electron chi connectivity index (χ0n) is 15.8. The van der Waals surface area contributed by atoms with Crippen molar-refractivity contribution in [3.8, 4) is 11.5 Å². The first kappa shape index (κ1) is 17.9. The number of aryl methyl sites for hydroxylation is 1. The Morgan fingerprint density at radius 3 is 2.57 bits per heavy atom. The van der Waals surface area contributed by atoms with Crippen molar-refractivity contribution in [2.45, 2.75) is 19.6 Å². The summed E-state index contributed by atoms with van der Waals surface area (Å²) in [4.78, 5) is 15.1. The second kappa shape index (κ2) is 7.27. The number of nitrogens with one attached hydrogen (secondary N) is 1. The van der Waals surface area contributed by atoms with Crippen LogP contribution in [0.2, 0.25) is 0 Å². The molecule has 1 atom stereocenters. The molecule has 3 aromatic carbocycles. The van der Waals surface area contributed by atoms with Crippen LogP contribution in [0.5, 0.6) is 11.5 Å². The Balaban J connectivity index is 1.76. The molecule has 0 spiro atoms. The summed E-state index contributed by atoms with van der Waals surface area (Å²) in [5.41, 5.74) is 4.51. The Morgan fingerprint density at radius 2 is 1.82 bits per heavy atom. The van der Waals surface area contributed by atoms with E-state index in [1.165, 1.54) is 12.7 Å². The maximum absolute atomic E-state index is 13.3. The molecule has 5 nitrogen and oxygen atoms in total. The Bertz CT molecular complexity index is 1010. The Hall–Kier alpha value is -3.47. The first-order valence-corrected chi connectivity index (χ1v) is 9.16. The van der Waals surface area contributed by atoms with Gasteiger partial charge in [-0.05, 0) is 42.3 Å². The lowest BCUT2D eigenvalue weighted by Crippen LogP contribution is -2.42. The van der Waals surface area contributed by atoms with Crippen molar-refractivity contribution in [3.63, 3.8) is 0 Å². The van der Waals surface area contributed by atoms with Gasteiger partial charge in [-0.2, -0.15) is 0 Å². The van der Waals surface area contributed by atoms with Crippen LogP contribution in [-0.2, 0) is 6.54 Å². The lowest BCUT2D eigenvalue weighted by atomic mass is 10.0. The summed E-state index contributed by atoms with van der Waals surface area (Å²) in [7, 11) is 1.51. The number of rotatable bonds is 4. The summed E-state index contributed by atoms with van der Waals surface area (Å²) in [6.45, 7) is 2.51. The van der Waals surface area contributed by atoms with Gasteiger partial charge in [-0.25, -0.2) is 0 Å². The summed E-state index contributed by atoms with van der Waals surface area (Å²) >= 11 is 0. The van der Waals surface area contributed by atoms with Crippen LogP contribution >= 0.6 is 0 Å². The van der Waals surface area contributed by atoms with Crippen molar-refractivity contribution in [1.29, 1.82) is 0 Å². The molecule has 2 N–H and O–H groups in total. The number of hydrogen-bond donors (Lipinski definition) is 2. The first-order valence-electron chi connectivity index (χ1n) is 9.16. The normalized spacial score (nSPS) is 15.7. The number of carbonyl (C=O) groups is 1. The van der Waals surface area contributed by atoms with Crippen LogP contribution in [0, 0.1) is 6.92 Å². The van der Waals surface area contributed by atoms with Gasteiger partial charge in [-0.15, -0.1) is 0 Å². The molecule has 142 valence electrons. The minimum absolute atomic E-state index is 0.0352.